The molecule has 1 aliphatic rings. The molecule has 3 aromatic rings. The summed E-state index contributed by atoms with van der Waals surface area (Å²) in [6, 6.07) is 13.2. The number of anilines is 1. The zero-order valence-electron chi connectivity index (χ0n) is 14.9. The van der Waals surface area contributed by atoms with Gasteiger partial charge < -0.3 is 5.32 Å². The van der Waals surface area contributed by atoms with E-state index in [-0.39, 0.29) is 5.56 Å². The molecule has 0 radical (unpaired) electrons. The normalized spacial score (nSPS) is 14.9. The molecule has 1 aromatic carbocycles. The standard InChI is InChI=1S/C21H21ClN4O/c22-18-14-23-21(24-16-8-2-1-3-9-16)25-20(18)15-7-6-10-17(13-15)26-12-5-4-11-19(26)27/h4-7,10-14,16H,1-3,8-9H2,(H,23,24,25). The number of nitrogens with zero attached hydrogens (tertiary/aromatic N) is 3. The van der Waals surface area contributed by atoms with Crippen LogP contribution in [0.15, 0.2) is 59.7 Å². The predicted molar refractivity (Wildman–Crippen MR) is 109 cm³/mol. The van der Waals surface area contributed by atoms with Gasteiger partial charge >= 0.3 is 0 Å². The molecular weight excluding hydrogens is 360 g/mol. The van der Waals surface area contributed by atoms with Gasteiger partial charge in [0.25, 0.3) is 5.56 Å². The van der Waals surface area contributed by atoms with Crippen LogP contribution in [0.3, 0.4) is 0 Å². The molecule has 1 aliphatic carbocycles. The van der Waals surface area contributed by atoms with Crippen LogP contribution in [0.5, 0.6) is 0 Å². The zero-order chi connectivity index (χ0) is 18.6. The Kier molecular flexibility index (Phi) is 5.21. The van der Waals surface area contributed by atoms with E-state index in [2.05, 4.69) is 15.3 Å². The second-order valence-electron chi connectivity index (χ2n) is 6.83. The molecule has 1 saturated carbocycles. The fraction of sp³-hybridized carbons (Fsp3) is 0.286. The van der Waals surface area contributed by atoms with E-state index >= 15 is 0 Å². The Labute approximate surface area is 163 Å². The molecule has 6 heteroatoms. The summed E-state index contributed by atoms with van der Waals surface area (Å²) in [5.41, 5.74) is 2.20. The molecule has 0 bridgehead atoms. The number of pyridine rings is 1. The first-order chi connectivity index (χ1) is 13.2. The minimum Gasteiger partial charge on any atom is -0.351 e. The molecule has 1 fully saturated rings. The van der Waals surface area contributed by atoms with Crippen molar-refractivity contribution in [2.24, 2.45) is 0 Å². The summed E-state index contributed by atoms with van der Waals surface area (Å²) in [6.07, 6.45) is 9.46. The van der Waals surface area contributed by atoms with Gasteiger partial charge in [-0.2, -0.15) is 0 Å². The number of benzene rings is 1. The van der Waals surface area contributed by atoms with Gasteiger partial charge in [-0.15, -0.1) is 0 Å². The fourth-order valence-electron chi connectivity index (χ4n) is 3.51. The Bertz CT molecular complexity index is 995. The maximum atomic E-state index is 12.1. The van der Waals surface area contributed by atoms with Crippen molar-refractivity contribution in [1.82, 2.24) is 14.5 Å². The molecule has 0 unspecified atom stereocenters. The summed E-state index contributed by atoms with van der Waals surface area (Å²) in [6.45, 7) is 0. The average molecular weight is 381 g/mol. The highest BCUT2D eigenvalue weighted by molar-refractivity contribution is 6.32. The molecule has 2 heterocycles. The Morgan fingerprint density at radius 1 is 1.07 bits per heavy atom. The SMILES string of the molecule is O=c1ccccn1-c1cccc(-c2nc(NC3CCCCC3)ncc2Cl)c1. The molecule has 1 N–H and O–H groups in total. The van der Waals surface area contributed by atoms with E-state index in [1.165, 1.54) is 25.3 Å². The molecule has 0 amide bonds. The van der Waals surface area contributed by atoms with E-state index in [4.69, 9.17) is 11.6 Å². The Morgan fingerprint density at radius 3 is 2.74 bits per heavy atom. The third kappa shape index (κ3) is 4.03. The van der Waals surface area contributed by atoms with Gasteiger partial charge in [-0.05, 0) is 31.0 Å². The summed E-state index contributed by atoms with van der Waals surface area (Å²) in [5, 5.41) is 3.93. The number of aromatic nitrogens is 3. The van der Waals surface area contributed by atoms with Crippen LogP contribution in [0, 0.1) is 0 Å². The van der Waals surface area contributed by atoms with Crippen LogP contribution >= 0.6 is 11.6 Å². The lowest BCUT2D eigenvalue weighted by Gasteiger charge is -2.22. The summed E-state index contributed by atoms with van der Waals surface area (Å²) in [7, 11) is 0. The van der Waals surface area contributed by atoms with Gasteiger partial charge in [-0.3, -0.25) is 9.36 Å². The van der Waals surface area contributed by atoms with Gasteiger partial charge in [0.05, 0.1) is 16.9 Å². The van der Waals surface area contributed by atoms with Crippen molar-refractivity contribution in [3.8, 4) is 16.9 Å². The van der Waals surface area contributed by atoms with Crippen molar-refractivity contribution in [2.75, 3.05) is 5.32 Å². The number of hydrogen-bond acceptors (Lipinski definition) is 4. The molecule has 2 aromatic heterocycles. The van der Waals surface area contributed by atoms with Crippen LogP contribution in [0.2, 0.25) is 5.02 Å². The van der Waals surface area contributed by atoms with Crippen molar-refractivity contribution < 1.29 is 0 Å². The fourth-order valence-corrected chi connectivity index (χ4v) is 3.71. The van der Waals surface area contributed by atoms with Crippen LogP contribution in [0.1, 0.15) is 32.1 Å². The first-order valence-corrected chi connectivity index (χ1v) is 9.66. The van der Waals surface area contributed by atoms with E-state index in [0.29, 0.717) is 22.7 Å². The lowest BCUT2D eigenvalue weighted by molar-refractivity contribution is 0.461. The monoisotopic (exact) mass is 380 g/mol. The summed E-state index contributed by atoms with van der Waals surface area (Å²) in [5.74, 6) is 0.601. The third-order valence-corrected chi connectivity index (χ3v) is 5.18. The van der Waals surface area contributed by atoms with Crippen molar-refractivity contribution in [3.63, 3.8) is 0 Å². The van der Waals surface area contributed by atoms with Crippen LogP contribution in [-0.2, 0) is 0 Å². The summed E-state index contributed by atoms with van der Waals surface area (Å²) >= 11 is 6.38. The van der Waals surface area contributed by atoms with Crippen LogP contribution < -0.4 is 10.9 Å². The Hall–Kier alpha value is -2.66. The number of halogens is 1. The maximum Gasteiger partial charge on any atom is 0.255 e. The van der Waals surface area contributed by atoms with E-state index < -0.39 is 0 Å². The van der Waals surface area contributed by atoms with E-state index in [9.17, 15) is 4.79 Å². The second-order valence-corrected chi connectivity index (χ2v) is 7.24. The minimum atomic E-state index is -0.0805. The highest BCUT2D eigenvalue weighted by Crippen LogP contribution is 2.28. The van der Waals surface area contributed by atoms with Gasteiger partial charge in [0.15, 0.2) is 0 Å². The molecule has 138 valence electrons. The largest absolute Gasteiger partial charge is 0.351 e. The van der Waals surface area contributed by atoms with Gasteiger partial charge in [0.1, 0.15) is 0 Å². The lowest BCUT2D eigenvalue weighted by Crippen LogP contribution is -2.23. The van der Waals surface area contributed by atoms with E-state index in [1.54, 1.807) is 23.0 Å². The van der Waals surface area contributed by atoms with E-state index in [1.807, 2.05) is 30.3 Å². The second kappa shape index (κ2) is 7.92. The first-order valence-electron chi connectivity index (χ1n) is 9.28. The third-order valence-electron chi connectivity index (χ3n) is 4.90. The molecule has 4 rings (SSSR count). The smallest absolute Gasteiger partial charge is 0.255 e. The number of rotatable bonds is 4. The van der Waals surface area contributed by atoms with Crippen LogP contribution in [0.4, 0.5) is 5.95 Å². The van der Waals surface area contributed by atoms with Crippen LogP contribution in [0.25, 0.3) is 16.9 Å². The topological polar surface area (TPSA) is 59.8 Å². The highest BCUT2D eigenvalue weighted by atomic mass is 35.5. The first kappa shape index (κ1) is 17.7. The summed E-state index contributed by atoms with van der Waals surface area (Å²) in [4.78, 5) is 21.1. The van der Waals surface area contributed by atoms with Gasteiger partial charge in [0.2, 0.25) is 5.95 Å². The van der Waals surface area contributed by atoms with Gasteiger partial charge in [-0.25, -0.2) is 9.97 Å². The van der Waals surface area contributed by atoms with Crippen molar-refractivity contribution in [1.29, 1.82) is 0 Å². The number of hydrogen-bond donors (Lipinski definition) is 1. The highest BCUT2D eigenvalue weighted by Gasteiger charge is 2.16. The zero-order valence-corrected chi connectivity index (χ0v) is 15.7. The average Bonchev–Trinajstić information content (AvgIpc) is 2.71. The molecule has 0 saturated heterocycles. The maximum absolute atomic E-state index is 12.1. The quantitative estimate of drug-likeness (QED) is 0.713. The van der Waals surface area contributed by atoms with Crippen LogP contribution in [-0.4, -0.2) is 20.6 Å². The lowest BCUT2D eigenvalue weighted by atomic mass is 9.96. The molecule has 5 nitrogen and oxygen atoms in total. The van der Waals surface area contributed by atoms with E-state index in [0.717, 1.165) is 24.1 Å². The molecule has 0 spiro atoms. The molecular formula is C21H21ClN4O. The Balaban J connectivity index is 1.66. The summed E-state index contributed by atoms with van der Waals surface area (Å²) < 4.78 is 1.60. The molecule has 0 aliphatic heterocycles. The van der Waals surface area contributed by atoms with Crippen molar-refractivity contribution in [2.45, 2.75) is 38.1 Å². The predicted octanol–water partition coefficient (Wildman–Crippen LogP) is 4.69. The molecule has 27 heavy (non-hydrogen) atoms. The van der Waals surface area contributed by atoms with Crippen molar-refractivity contribution in [3.05, 3.63) is 70.2 Å². The van der Waals surface area contributed by atoms with Gasteiger partial charge in [-0.1, -0.05) is 49.1 Å². The molecule has 0 atom stereocenters. The number of nitrogens with one attached hydrogen (secondary N) is 1. The van der Waals surface area contributed by atoms with Gasteiger partial charge in [0, 0.05) is 29.6 Å². The van der Waals surface area contributed by atoms with Crippen molar-refractivity contribution >= 4 is 17.5 Å². The minimum absolute atomic E-state index is 0.0805. The Morgan fingerprint density at radius 2 is 1.93 bits per heavy atom.